The summed E-state index contributed by atoms with van der Waals surface area (Å²) in [5.74, 6) is 0.251. The number of rotatable bonds is 6. The number of nitrogens with one attached hydrogen (secondary N) is 1. The van der Waals surface area contributed by atoms with Crippen LogP contribution in [0.1, 0.15) is 37.3 Å². The summed E-state index contributed by atoms with van der Waals surface area (Å²) in [5, 5.41) is 13.4. The molecule has 0 spiro atoms. The van der Waals surface area contributed by atoms with Crippen LogP contribution in [-0.4, -0.2) is 10.8 Å². The van der Waals surface area contributed by atoms with Crippen molar-refractivity contribution >= 4 is 23.4 Å². The van der Waals surface area contributed by atoms with E-state index in [0.717, 1.165) is 17.7 Å². The number of nitro groups is 1. The molecule has 124 valence electrons. The van der Waals surface area contributed by atoms with E-state index in [1.807, 2.05) is 24.3 Å². The first-order valence-electron chi connectivity index (χ1n) is 7.83. The SMILES string of the molecule is CC[C@@H](C)c1ccc(NC(=O)/C=C/c2ccc([N+](=O)[O-])cc2)cc1. The molecule has 0 saturated carbocycles. The van der Waals surface area contributed by atoms with Gasteiger partial charge in [0.1, 0.15) is 0 Å². The van der Waals surface area contributed by atoms with Gasteiger partial charge in [0.2, 0.25) is 5.91 Å². The van der Waals surface area contributed by atoms with Crippen LogP contribution in [0.2, 0.25) is 0 Å². The Bertz CT molecular complexity index is 734. The minimum Gasteiger partial charge on any atom is -0.323 e. The molecule has 0 aromatic heterocycles. The van der Waals surface area contributed by atoms with Crippen LogP contribution in [-0.2, 0) is 4.79 Å². The Labute approximate surface area is 141 Å². The molecule has 0 radical (unpaired) electrons. The van der Waals surface area contributed by atoms with Gasteiger partial charge in [0.25, 0.3) is 5.69 Å². The molecular weight excluding hydrogens is 304 g/mol. The number of carbonyl (C=O) groups is 1. The van der Waals surface area contributed by atoms with Crippen LogP contribution in [0.15, 0.2) is 54.6 Å². The van der Waals surface area contributed by atoms with E-state index in [4.69, 9.17) is 0 Å². The average molecular weight is 324 g/mol. The van der Waals surface area contributed by atoms with Gasteiger partial charge in [-0.2, -0.15) is 0 Å². The Morgan fingerprint density at radius 1 is 1.17 bits per heavy atom. The summed E-state index contributed by atoms with van der Waals surface area (Å²) in [6.07, 6.45) is 4.10. The number of carbonyl (C=O) groups excluding carboxylic acids is 1. The molecule has 0 aliphatic carbocycles. The second-order valence-electron chi connectivity index (χ2n) is 5.60. The van der Waals surface area contributed by atoms with E-state index >= 15 is 0 Å². The zero-order chi connectivity index (χ0) is 17.5. The van der Waals surface area contributed by atoms with Gasteiger partial charge in [-0.3, -0.25) is 14.9 Å². The molecule has 0 fully saturated rings. The maximum Gasteiger partial charge on any atom is 0.269 e. The van der Waals surface area contributed by atoms with E-state index < -0.39 is 4.92 Å². The van der Waals surface area contributed by atoms with E-state index in [-0.39, 0.29) is 11.6 Å². The molecule has 1 atom stereocenters. The van der Waals surface area contributed by atoms with Gasteiger partial charge in [0, 0.05) is 23.9 Å². The Hall–Kier alpha value is -2.95. The highest BCUT2D eigenvalue weighted by Crippen LogP contribution is 2.20. The molecule has 0 unspecified atom stereocenters. The van der Waals surface area contributed by atoms with Gasteiger partial charge in [0.15, 0.2) is 0 Å². The Morgan fingerprint density at radius 2 is 1.79 bits per heavy atom. The number of hydrogen-bond acceptors (Lipinski definition) is 3. The first-order valence-corrected chi connectivity index (χ1v) is 7.83. The van der Waals surface area contributed by atoms with Gasteiger partial charge in [0.05, 0.1) is 4.92 Å². The van der Waals surface area contributed by atoms with Crippen molar-refractivity contribution in [3.63, 3.8) is 0 Å². The summed E-state index contributed by atoms with van der Waals surface area (Å²) in [6, 6.07) is 13.8. The van der Waals surface area contributed by atoms with Crippen molar-refractivity contribution in [2.24, 2.45) is 0 Å². The summed E-state index contributed by atoms with van der Waals surface area (Å²) < 4.78 is 0. The maximum absolute atomic E-state index is 11.9. The summed E-state index contributed by atoms with van der Waals surface area (Å²) in [4.78, 5) is 22.1. The lowest BCUT2D eigenvalue weighted by molar-refractivity contribution is -0.384. The first kappa shape index (κ1) is 17.4. The van der Waals surface area contributed by atoms with Crippen molar-refractivity contribution in [1.82, 2.24) is 0 Å². The number of hydrogen-bond donors (Lipinski definition) is 1. The minimum atomic E-state index is -0.455. The van der Waals surface area contributed by atoms with E-state index in [9.17, 15) is 14.9 Å². The van der Waals surface area contributed by atoms with Crippen LogP contribution in [0.4, 0.5) is 11.4 Å². The third-order valence-corrected chi connectivity index (χ3v) is 3.89. The molecule has 5 nitrogen and oxygen atoms in total. The molecule has 2 aromatic carbocycles. The van der Waals surface area contributed by atoms with Crippen LogP contribution >= 0.6 is 0 Å². The van der Waals surface area contributed by atoms with Gasteiger partial charge in [-0.15, -0.1) is 0 Å². The molecule has 1 amide bonds. The van der Waals surface area contributed by atoms with Gasteiger partial charge >= 0.3 is 0 Å². The fourth-order valence-electron chi connectivity index (χ4n) is 2.19. The Balaban J connectivity index is 1.96. The zero-order valence-corrected chi connectivity index (χ0v) is 13.7. The van der Waals surface area contributed by atoms with E-state index in [1.165, 1.54) is 23.8 Å². The van der Waals surface area contributed by atoms with Crippen molar-refractivity contribution in [3.05, 3.63) is 75.8 Å². The third kappa shape index (κ3) is 4.78. The van der Waals surface area contributed by atoms with Gasteiger partial charge < -0.3 is 5.32 Å². The molecule has 0 heterocycles. The number of nitro benzene ring substituents is 1. The standard InChI is InChI=1S/C19H20N2O3/c1-3-14(2)16-7-9-17(10-8-16)20-19(22)13-6-15-4-11-18(12-5-15)21(23)24/h4-14H,3H2,1-2H3,(H,20,22)/b13-6+/t14-/m1/s1. The first-order chi connectivity index (χ1) is 11.5. The summed E-state index contributed by atoms with van der Waals surface area (Å²) in [6.45, 7) is 4.31. The van der Waals surface area contributed by atoms with E-state index in [0.29, 0.717) is 5.92 Å². The zero-order valence-electron chi connectivity index (χ0n) is 13.7. The molecule has 24 heavy (non-hydrogen) atoms. The molecule has 2 rings (SSSR count). The Morgan fingerprint density at radius 3 is 2.33 bits per heavy atom. The van der Waals surface area contributed by atoms with Gasteiger partial charge in [-0.1, -0.05) is 26.0 Å². The second kappa shape index (κ2) is 8.06. The Kier molecular flexibility index (Phi) is 5.84. The summed E-state index contributed by atoms with van der Waals surface area (Å²) >= 11 is 0. The highest BCUT2D eigenvalue weighted by atomic mass is 16.6. The fourth-order valence-corrected chi connectivity index (χ4v) is 2.19. The molecule has 0 bridgehead atoms. The number of amides is 1. The van der Waals surface area contributed by atoms with Crippen LogP contribution in [0.5, 0.6) is 0 Å². The number of anilines is 1. The maximum atomic E-state index is 11.9. The lowest BCUT2D eigenvalue weighted by Crippen LogP contribution is -2.07. The van der Waals surface area contributed by atoms with Crippen molar-refractivity contribution in [1.29, 1.82) is 0 Å². The molecular formula is C19H20N2O3. The number of nitrogens with zero attached hydrogens (tertiary/aromatic N) is 1. The van der Waals surface area contributed by atoms with E-state index in [1.54, 1.807) is 18.2 Å². The summed E-state index contributed by atoms with van der Waals surface area (Å²) in [5.41, 5.74) is 2.73. The molecule has 0 saturated heterocycles. The predicted octanol–water partition coefficient (Wildman–Crippen LogP) is 4.76. The quantitative estimate of drug-likeness (QED) is 0.473. The van der Waals surface area contributed by atoms with Crippen LogP contribution in [0, 0.1) is 10.1 Å². The van der Waals surface area contributed by atoms with Crippen molar-refractivity contribution in [2.75, 3.05) is 5.32 Å². The average Bonchev–Trinajstić information content (AvgIpc) is 2.60. The minimum absolute atomic E-state index is 0.0259. The number of benzene rings is 2. The predicted molar refractivity (Wildman–Crippen MR) is 95.9 cm³/mol. The van der Waals surface area contributed by atoms with Crippen LogP contribution in [0.3, 0.4) is 0 Å². The summed E-state index contributed by atoms with van der Waals surface area (Å²) in [7, 11) is 0. The van der Waals surface area contributed by atoms with Crippen molar-refractivity contribution in [3.8, 4) is 0 Å². The molecule has 2 aromatic rings. The third-order valence-electron chi connectivity index (χ3n) is 3.89. The number of non-ortho nitro benzene ring substituents is 1. The van der Waals surface area contributed by atoms with Gasteiger partial charge in [-0.25, -0.2) is 0 Å². The molecule has 5 heteroatoms. The van der Waals surface area contributed by atoms with Crippen LogP contribution in [0.25, 0.3) is 6.08 Å². The van der Waals surface area contributed by atoms with Crippen molar-refractivity contribution in [2.45, 2.75) is 26.2 Å². The monoisotopic (exact) mass is 324 g/mol. The van der Waals surface area contributed by atoms with Crippen molar-refractivity contribution < 1.29 is 9.72 Å². The molecule has 0 aliphatic rings. The lowest BCUT2D eigenvalue weighted by Gasteiger charge is -2.09. The second-order valence-corrected chi connectivity index (χ2v) is 5.60. The topological polar surface area (TPSA) is 72.2 Å². The molecule has 1 N–H and O–H groups in total. The molecule has 0 aliphatic heterocycles. The normalized spacial score (nSPS) is 12.1. The van der Waals surface area contributed by atoms with E-state index in [2.05, 4.69) is 19.2 Å². The van der Waals surface area contributed by atoms with Gasteiger partial charge in [-0.05, 0) is 53.8 Å². The largest absolute Gasteiger partial charge is 0.323 e. The lowest BCUT2D eigenvalue weighted by atomic mass is 9.99. The van der Waals surface area contributed by atoms with Crippen LogP contribution < -0.4 is 5.32 Å². The highest BCUT2D eigenvalue weighted by Gasteiger charge is 2.04. The highest BCUT2D eigenvalue weighted by molar-refractivity contribution is 6.01. The smallest absolute Gasteiger partial charge is 0.269 e. The fraction of sp³-hybridized carbons (Fsp3) is 0.211.